The number of amides is 1. The molecule has 1 unspecified atom stereocenters. The molecule has 1 atom stereocenters. The van der Waals surface area contributed by atoms with E-state index in [0.29, 0.717) is 12.2 Å². The van der Waals surface area contributed by atoms with Crippen molar-refractivity contribution in [3.63, 3.8) is 0 Å². The highest BCUT2D eigenvalue weighted by atomic mass is 16.4. The second-order valence-electron chi connectivity index (χ2n) is 4.76. The summed E-state index contributed by atoms with van der Waals surface area (Å²) < 4.78 is 1.27. The molecule has 2 rings (SSSR count). The number of carbonyl (C=O) groups is 2. The Balaban J connectivity index is 1.99. The number of hydrogen-bond donors (Lipinski definition) is 3. The number of nitrogens with one attached hydrogen (secondary N) is 2. The van der Waals surface area contributed by atoms with E-state index in [-0.39, 0.29) is 12.5 Å². The third kappa shape index (κ3) is 2.67. The average molecular weight is 252 g/mol. The normalized spacial score (nSPS) is 22.9. The molecule has 0 spiro atoms. The fourth-order valence-corrected chi connectivity index (χ4v) is 1.95. The highest BCUT2D eigenvalue weighted by Gasteiger charge is 2.36. The monoisotopic (exact) mass is 252 g/mol. The number of carboxylic acid groups (broad SMARTS) is 1. The van der Waals surface area contributed by atoms with Crippen LogP contribution in [0.25, 0.3) is 0 Å². The Morgan fingerprint density at radius 1 is 1.67 bits per heavy atom. The van der Waals surface area contributed by atoms with E-state index in [2.05, 4.69) is 15.7 Å². The molecule has 1 amide bonds. The third-order valence-electron chi connectivity index (χ3n) is 3.11. The van der Waals surface area contributed by atoms with Crippen LogP contribution in [0.15, 0.2) is 12.4 Å². The van der Waals surface area contributed by atoms with Crippen molar-refractivity contribution in [3.05, 3.63) is 12.4 Å². The van der Waals surface area contributed by atoms with E-state index in [9.17, 15) is 9.59 Å². The van der Waals surface area contributed by atoms with E-state index >= 15 is 0 Å². The van der Waals surface area contributed by atoms with Gasteiger partial charge in [-0.15, -0.1) is 0 Å². The van der Waals surface area contributed by atoms with Crippen LogP contribution >= 0.6 is 0 Å². The molecule has 0 saturated carbocycles. The van der Waals surface area contributed by atoms with Gasteiger partial charge in [0.25, 0.3) is 0 Å². The first kappa shape index (κ1) is 12.6. The third-order valence-corrected chi connectivity index (χ3v) is 3.11. The molecule has 0 radical (unpaired) electrons. The van der Waals surface area contributed by atoms with E-state index in [4.69, 9.17) is 5.11 Å². The van der Waals surface area contributed by atoms with Crippen LogP contribution in [0.2, 0.25) is 0 Å². The molecule has 7 nitrogen and oxygen atoms in total. The molecule has 7 heteroatoms. The summed E-state index contributed by atoms with van der Waals surface area (Å²) in [6.07, 6.45) is 3.76. The number of aromatic nitrogens is 2. The Hall–Kier alpha value is -1.89. The lowest BCUT2D eigenvalue weighted by Crippen LogP contribution is -2.35. The van der Waals surface area contributed by atoms with Gasteiger partial charge in [-0.3, -0.25) is 14.3 Å². The van der Waals surface area contributed by atoms with Crippen molar-refractivity contribution in [3.8, 4) is 0 Å². The lowest BCUT2D eigenvalue weighted by Gasteiger charge is -2.20. The van der Waals surface area contributed by atoms with Gasteiger partial charge >= 0.3 is 5.97 Å². The minimum absolute atomic E-state index is 0.0672. The summed E-state index contributed by atoms with van der Waals surface area (Å²) in [5.74, 6) is -1.04. The maximum Gasteiger partial charge on any atom is 0.325 e. The van der Waals surface area contributed by atoms with Gasteiger partial charge in [0.1, 0.15) is 6.54 Å². The van der Waals surface area contributed by atoms with Gasteiger partial charge in [0, 0.05) is 12.7 Å². The lowest BCUT2D eigenvalue weighted by atomic mass is 9.89. The van der Waals surface area contributed by atoms with E-state index in [1.165, 1.54) is 17.1 Å². The van der Waals surface area contributed by atoms with Crippen LogP contribution in [-0.4, -0.2) is 39.9 Å². The van der Waals surface area contributed by atoms with E-state index < -0.39 is 11.4 Å². The zero-order valence-electron chi connectivity index (χ0n) is 10.1. The van der Waals surface area contributed by atoms with Crippen LogP contribution in [0.3, 0.4) is 0 Å². The SMILES string of the molecule is CC1(C(=O)Nc2cnn(CC(=O)O)c2)CCNC1. The Kier molecular flexibility index (Phi) is 3.33. The van der Waals surface area contributed by atoms with Gasteiger partial charge in [0.05, 0.1) is 17.3 Å². The maximum atomic E-state index is 12.1. The largest absolute Gasteiger partial charge is 0.480 e. The molecule has 98 valence electrons. The Labute approximate surface area is 104 Å². The molecule has 1 aromatic rings. The molecule has 1 aliphatic heterocycles. The summed E-state index contributed by atoms with van der Waals surface area (Å²) in [5.41, 5.74) is 0.115. The van der Waals surface area contributed by atoms with E-state index in [1.807, 2.05) is 6.92 Å². The second kappa shape index (κ2) is 4.77. The van der Waals surface area contributed by atoms with Gasteiger partial charge in [0.2, 0.25) is 5.91 Å². The summed E-state index contributed by atoms with van der Waals surface area (Å²) in [4.78, 5) is 22.6. The minimum Gasteiger partial charge on any atom is -0.480 e. The first-order valence-corrected chi connectivity index (χ1v) is 5.76. The van der Waals surface area contributed by atoms with Crippen LogP contribution in [-0.2, 0) is 16.1 Å². The number of rotatable bonds is 4. The summed E-state index contributed by atoms with van der Waals surface area (Å²) in [6, 6.07) is 0. The van der Waals surface area contributed by atoms with Gasteiger partial charge in [-0.25, -0.2) is 0 Å². The average Bonchev–Trinajstić information content (AvgIpc) is 2.88. The van der Waals surface area contributed by atoms with Crippen LogP contribution < -0.4 is 10.6 Å². The van der Waals surface area contributed by atoms with Gasteiger partial charge in [-0.05, 0) is 19.9 Å². The predicted molar refractivity (Wildman–Crippen MR) is 64.1 cm³/mol. The van der Waals surface area contributed by atoms with Crippen LogP contribution in [0.5, 0.6) is 0 Å². The number of anilines is 1. The number of hydrogen-bond acceptors (Lipinski definition) is 4. The van der Waals surface area contributed by atoms with Crippen molar-refractivity contribution in [1.82, 2.24) is 15.1 Å². The predicted octanol–water partition coefficient (Wildman–Crippen LogP) is -0.0942. The summed E-state index contributed by atoms with van der Waals surface area (Å²) >= 11 is 0. The first-order chi connectivity index (χ1) is 8.49. The highest BCUT2D eigenvalue weighted by molar-refractivity contribution is 5.95. The number of aliphatic carboxylic acids is 1. The van der Waals surface area contributed by atoms with Gasteiger partial charge in [-0.2, -0.15) is 5.10 Å². The molecule has 1 aromatic heterocycles. The molecule has 0 aliphatic carbocycles. The Morgan fingerprint density at radius 2 is 2.44 bits per heavy atom. The Bertz CT molecular complexity index is 463. The van der Waals surface area contributed by atoms with Crippen LogP contribution in [0.4, 0.5) is 5.69 Å². The molecular weight excluding hydrogens is 236 g/mol. The van der Waals surface area contributed by atoms with Gasteiger partial charge < -0.3 is 15.7 Å². The smallest absolute Gasteiger partial charge is 0.325 e. The first-order valence-electron chi connectivity index (χ1n) is 5.76. The molecule has 1 saturated heterocycles. The Morgan fingerprint density at radius 3 is 3.06 bits per heavy atom. The maximum absolute atomic E-state index is 12.1. The van der Waals surface area contributed by atoms with Crippen molar-refractivity contribution in [2.45, 2.75) is 19.9 Å². The van der Waals surface area contributed by atoms with Crippen molar-refractivity contribution in [2.24, 2.45) is 5.41 Å². The number of carbonyl (C=O) groups excluding carboxylic acids is 1. The quantitative estimate of drug-likeness (QED) is 0.695. The standard InChI is InChI=1S/C11H16N4O3/c1-11(2-3-12-7-11)10(18)14-8-4-13-15(5-8)6-9(16)17/h4-5,12H,2-3,6-7H2,1H3,(H,14,18)(H,16,17). The van der Waals surface area contributed by atoms with Crippen molar-refractivity contribution in [1.29, 1.82) is 0 Å². The fraction of sp³-hybridized carbons (Fsp3) is 0.545. The summed E-state index contributed by atoms with van der Waals surface area (Å²) in [6.45, 7) is 3.18. The zero-order chi connectivity index (χ0) is 13.2. The topological polar surface area (TPSA) is 96.2 Å². The molecular formula is C11H16N4O3. The minimum atomic E-state index is -0.970. The van der Waals surface area contributed by atoms with Crippen LogP contribution in [0, 0.1) is 5.41 Å². The molecule has 1 fully saturated rings. The molecule has 2 heterocycles. The van der Waals surface area contributed by atoms with Crippen molar-refractivity contribution < 1.29 is 14.7 Å². The fourth-order valence-electron chi connectivity index (χ4n) is 1.95. The number of nitrogens with zero attached hydrogens (tertiary/aromatic N) is 2. The molecule has 1 aliphatic rings. The van der Waals surface area contributed by atoms with Crippen LogP contribution in [0.1, 0.15) is 13.3 Å². The lowest BCUT2D eigenvalue weighted by molar-refractivity contribution is -0.137. The number of carboxylic acids is 1. The van der Waals surface area contributed by atoms with Crippen molar-refractivity contribution >= 4 is 17.6 Å². The van der Waals surface area contributed by atoms with Gasteiger partial charge in [-0.1, -0.05) is 0 Å². The van der Waals surface area contributed by atoms with Crippen molar-refractivity contribution in [2.75, 3.05) is 18.4 Å². The summed E-state index contributed by atoms with van der Waals surface area (Å²) in [7, 11) is 0. The van der Waals surface area contributed by atoms with E-state index in [0.717, 1.165) is 13.0 Å². The molecule has 0 bridgehead atoms. The second-order valence-corrected chi connectivity index (χ2v) is 4.76. The molecule has 18 heavy (non-hydrogen) atoms. The molecule has 3 N–H and O–H groups in total. The highest BCUT2D eigenvalue weighted by Crippen LogP contribution is 2.26. The summed E-state index contributed by atoms with van der Waals surface area (Å²) in [5, 5.41) is 18.4. The molecule has 0 aromatic carbocycles. The van der Waals surface area contributed by atoms with Gasteiger partial charge in [0.15, 0.2) is 0 Å². The van der Waals surface area contributed by atoms with E-state index in [1.54, 1.807) is 0 Å². The zero-order valence-corrected chi connectivity index (χ0v) is 10.1.